The average molecular weight is 211 g/mol. The van der Waals surface area contributed by atoms with Gasteiger partial charge < -0.3 is 0 Å². The fraction of sp³-hybridized carbons (Fsp3) is 0.500. The van der Waals surface area contributed by atoms with Crippen LogP contribution in [0.5, 0.6) is 0 Å². The number of rotatable bonds is 0. The fourth-order valence-electron chi connectivity index (χ4n) is 0.506. The summed E-state index contributed by atoms with van der Waals surface area (Å²) in [5, 5.41) is -7.28. The van der Waals surface area contributed by atoms with E-state index in [1.54, 1.807) is 0 Å². The number of halogens is 6. The third kappa shape index (κ3) is 1.32. The first-order chi connectivity index (χ1) is 4.77. The Hall–Kier alpha value is -0.0000000000000000555. The molecule has 0 N–H and O–H groups in total. The number of alkyl halides is 4. The molecule has 0 saturated carbocycles. The van der Waals surface area contributed by atoms with Gasteiger partial charge in [0.1, 0.15) is 0 Å². The summed E-state index contributed by atoms with van der Waals surface area (Å²) in [7, 11) is 0. The first kappa shape index (κ1) is 9.09. The van der Waals surface area contributed by atoms with Crippen molar-refractivity contribution in [3.05, 3.63) is 11.7 Å². The van der Waals surface area contributed by atoms with Gasteiger partial charge in [-0.3, -0.25) is 4.74 Å². The first-order valence-electron chi connectivity index (χ1n) is 2.29. The highest BCUT2D eigenvalue weighted by atomic mass is 35.5. The van der Waals surface area contributed by atoms with Crippen molar-refractivity contribution in [3.63, 3.8) is 0 Å². The Kier molecular flexibility index (Phi) is 1.85. The minimum absolute atomic E-state index is 2.20. The van der Waals surface area contributed by atoms with E-state index in [2.05, 4.69) is 27.9 Å². The van der Waals surface area contributed by atoms with Crippen LogP contribution in [-0.2, 0) is 4.74 Å². The van der Waals surface area contributed by atoms with Gasteiger partial charge in [-0.15, -0.1) is 0 Å². The van der Waals surface area contributed by atoms with Crippen LogP contribution in [0.2, 0.25) is 0 Å². The largest absolute Gasteiger partial charge is 0.346 e. The molecular formula is C4Cl2F4O. The SMILES string of the molecule is FC1=C(F)[C@@](F)(Cl)O[C@]1(F)Cl. The molecule has 0 radical (unpaired) electrons. The highest BCUT2D eigenvalue weighted by molar-refractivity contribution is 6.27. The fourth-order valence-corrected chi connectivity index (χ4v) is 0.924. The topological polar surface area (TPSA) is 9.23 Å². The van der Waals surface area contributed by atoms with Gasteiger partial charge in [0.05, 0.1) is 0 Å². The molecule has 0 amide bonds. The van der Waals surface area contributed by atoms with E-state index in [9.17, 15) is 17.6 Å². The smallest absolute Gasteiger partial charge is 0.271 e. The van der Waals surface area contributed by atoms with Crippen LogP contribution in [0.25, 0.3) is 0 Å². The van der Waals surface area contributed by atoms with E-state index in [0.717, 1.165) is 0 Å². The average Bonchev–Trinajstić information content (AvgIpc) is 1.91. The predicted molar refractivity (Wildman–Crippen MR) is 29.7 cm³/mol. The molecule has 0 spiro atoms. The quantitative estimate of drug-likeness (QED) is 0.442. The Morgan fingerprint density at radius 3 is 1.36 bits per heavy atom. The van der Waals surface area contributed by atoms with Crippen LogP contribution in [0.4, 0.5) is 17.6 Å². The summed E-state index contributed by atoms with van der Waals surface area (Å²) in [5.41, 5.74) is 0. The molecule has 0 bridgehead atoms. The number of hydrogen-bond acceptors (Lipinski definition) is 1. The van der Waals surface area contributed by atoms with Gasteiger partial charge in [0.2, 0.25) is 11.7 Å². The van der Waals surface area contributed by atoms with Crippen molar-refractivity contribution >= 4 is 23.2 Å². The maximum Gasteiger partial charge on any atom is 0.346 e. The minimum atomic E-state index is -3.64. The van der Waals surface area contributed by atoms with E-state index in [1.807, 2.05) is 0 Å². The Morgan fingerprint density at radius 1 is 1.00 bits per heavy atom. The van der Waals surface area contributed by atoms with Crippen LogP contribution in [-0.4, -0.2) is 10.6 Å². The zero-order valence-corrected chi connectivity index (χ0v) is 6.19. The second-order valence-electron chi connectivity index (χ2n) is 1.76. The van der Waals surface area contributed by atoms with E-state index >= 15 is 0 Å². The third-order valence-corrected chi connectivity index (χ3v) is 1.45. The summed E-state index contributed by atoms with van der Waals surface area (Å²) in [5.74, 6) is -4.40. The molecule has 1 heterocycles. The van der Waals surface area contributed by atoms with Gasteiger partial charge >= 0.3 is 10.6 Å². The standard InChI is InChI=1S/C4Cl2F4O/c5-3(9)1(7)2(8)4(6,10)11-3/t3-,4-/m0/s1. The van der Waals surface area contributed by atoms with E-state index in [1.165, 1.54) is 0 Å². The molecule has 64 valence electrons. The Balaban J connectivity index is 3.09. The third-order valence-electron chi connectivity index (χ3n) is 0.960. The highest BCUT2D eigenvalue weighted by Crippen LogP contribution is 2.50. The lowest BCUT2D eigenvalue weighted by Crippen LogP contribution is -2.22. The maximum atomic E-state index is 12.3. The van der Waals surface area contributed by atoms with Crippen LogP contribution < -0.4 is 0 Å². The van der Waals surface area contributed by atoms with Gasteiger partial charge in [-0.25, -0.2) is 8.78 Å². The van der Waals surface area contributed by atoms with Crippen molar-refractivity contribution in [1.82, 2.24) is 0 Å². The molecule has 0 aromatic rings. The molecule has 0 aliphatic carbocycles. The van der Waals surface area contributed by atoms with Gasteiger partial charge in [-0.1, -0.05) is 0 Å². The van der Waals surface area contributed by atoms with Gasteiger partial charge in [0.15, 0.2) is 0 Å². The summed E-state index contributed by atoms with van der Waals surface area (Å²) in [4.78, 5) is 0. The molecule has 0 saturated heterocycles. The summed E-state index contributed by atoms with van der Waals surface area (Å²) in [6.45, 7) is 0. The predicted octanol–water partition coefficient (Wildman–Crippen LogP) is 2.89. The van der Waals surface area contributed by atoms with Gasteiger partial charge in [-0.05, 0) is 23.2 Å². The lowest BCUT2D eigenvalue weighted by Gasteiger charge is -2.12. The molecule has 0 unspecified atom stereocenters. The van der Waals surface area contributed by atoms with Crippen LogP contribution in [0.3, 0.4) is 0 Å². The second kappa shape index (κ2) is 2.24. The van der Waals surface area contributed by atoms with E-state index in [-0.39, 0.29) is 0 Å². The molecule has 0 aromatic heterocycles. The molecule has 1 aliphatic heterocycles. The van der Waals surface area contributed by atoms with Crippen LogP contribution >= 0.6 is 23.2 Å². The number of hydrogen-bond donors (Lipinski definition) is 0. The lowest BCUT2D eigenvalue weighted by molar-refractivity contribution is -0.142. The van der Waals surface area contributed by atoms with Crippen molar-refractivity contribution in [2.24, 2.45) is 0 Å². The van der Waals surface area contributed by atoms with Crippen LogP contribution in [0.15, 0.2) is 11.7 Å². The minimum Gasteiger partial charge on any atom is -0.271 e. The van der Waals surface area contributed by atoms with Crippen molar-refractivity contribution in [2.45, 2.75) is 10.6 Å². The Labute approximate surface area is 68.5 Å². The molecule has 1 aliphatic rings. The van der Waals surface area contributed by atoms with Crippen molar-refractivity contribution in [3.8, 4) is 0 Å². The molecule has 1 nitrogen and oxygen atoms in total. The monoisotopic (exact) mass is 210 g/mol. The van der Waals surface area contributed by atoms with Crippen molar-refractivity contribution in [1.29, 1.82) is 0 Å². The van der Waals surface area contributed by atoms with Gasteiger partial charge in [-0.2, -0.15) is 8.78 Å². The molecule has 0 fully saturated rings. The van der Waals surface area contributed by atoms with Gasteiger partial charge in [0.25, 0.3) is 0 Å². The highest BCUT2D eigenvalue weighted by Gasteiger charge is 2.58. The summed E-state index contributed by atoms with van der Waals surface area (Å²) < 4.78 is 52.2. The Bertz CT molecular complexity index is 202. The Morgan fingerprint density at radius 2 is 1.27 bits per heavy atom. The maximum absolute atomic E-state index is 12.3. The van der Waals surface area contributed by atoms with Crippen molar-refractivity contribution in [2.75, 3.05) is 0 Å². The van der Waals surface area contributed by atoms with E-state index in [4.69, 9.17) is 0 Å². The van der Waals surface area contributed by atoms with Crippen molar-refractivity contribution < 1.29 is 22.3 Å². The lowest BCUT2D eigenvalue weighted by atomic mass is 10.5. The molecule has 0 aromatic carbocycles. The van der Waals surface area contributed by atoms with E-state index < -0.39 is 22.3 Å². The zero-order valence-electron chi connectivity index (χ0n) is 4.68. The zero-order chi connectivity index (χ0) is 8.86. The van der Waals surface area contributed by atoms with E-state index in [0.29, 0.717) is 0 Å². The van der Waals surface area contributed by atoms with Crippen LogP contribution in [0.1, 0.15) is 0 Å². The molecule has 11 heavy (non-hydrogen) atoms. The van der Waals surface area contributed by atoms with Gasteiger partial charge in [0, 0.05) is 0 Å². The summed E-state index contributed by atoms with van der Waals surface area (Å²) in [6.07, 6.45) is 0. The normalized spacial score (nSPS) is 45.3. The molecule has 2 atom stereocenters. The van der Waals surface area contributed by atoms with Crippen LogP contribution in [0, 0.1) is 0 Å². The molecule has 1 rings (SSSR count). The summed E-state index contributed by atoms with van der Waals surface area (Å²) in [6, 6.07) is 0. The second-order valence-corrected chi connectivity index (χ2v) is 2.74. The molecule has 7 heteroatoms. The first-order valence-corrected chi connectivity index (χ1v) is 3.05. The molecular weight excluding hydrogens is 211 g/mol. The summed E-state index contributed by atoms with van der Waals surface area (Å²) >= 11 is 9.02. The number of ether oxygens (including phenoxy) is 1.